The van der Waals surface area contributed by atoms with E-state index in [4.69, 9.17) is 0 Å². The monoisotopic (exact) mass is 1120 g/mol. The van der Waals surface area contributed by atoms with E-state index in [-0.39, 0.29) is 6.71 Å². The summed E-state index contributed by atoms with van der Waals surface area (Å²) in [4.78, 5) is 5.21. The van der Waals surface area contributed by atoms with Crippen LogP contribution in [0.15, 0.2) is 340 Å². The van der Waals surface area contributed by atoms with Gasteiger partial charge in [-0.2, -0.15) is 0 Å². The lowest BCUT2D eigenvalue weighted by molar-refractivity contribution is 1.17. The number of nitrogens with zero attached hydrogens (tertiary/aromatic N) is 3. The van der Waals surface area contributed by atoms with Crippen molar-refractivity contribution in [2.75, 3.05) is 9.80 Å². The molecule has 0 spiro atoms. The van der Waals surface area contributed by atoms with Crippen molar-refractivity contribution in [1.82, 2.24) is 4.57 Å². The summed E-state index contributed by atoms with van der Waals surface area (Å²) in [6, 6.07) is 126. The van der Waals surface area contributed by atoms with Gasteiger partial charge in [-0.25, -0.2) is 0 Å². The maximum Gasteiger partial charge on any atom is 0.252 e. The largest absolute Gasteiger partial charge is 0.311 e. The van der Waals surface area contributed by atoms with Crippen molar-refractivity contribution >= 4 is 79.0 Å². The summed E-state index contributed by atoms with van der Waals surface area (Å²) in [5.41, 5.74) is 30.0. The third-order valence-electron chi connectivity index (χ3n) is 18.1. The van der Waals surface area contributed by atoms with Gasteiger partial charge < -0.3 is 14.4 Å². The van der Waals surface area contributed by atoms with Gasteiger partial charge >= 0.3 is 0 Å². The molecule has 0 fully saturated rings. The molecule has 0 saturated heterocycles. The van der Waals surface area contributed by atoms with E-state index in [0.29, 0.717) is 0 Å². The van der Waals surface area contributed by atoms with Crippen molar-refractivity contribution in [1.29, 1.82) is 0 Å². The highest BCUT2D eigenvalue weighted by Crippen LogP contribution is 2.51. The Hall–Kier alpha value is -11.5. The van der Waals surface area contributed by atoms with E-state index in [1.54, 1.807) is 0 Å². The molecule has 1 aromatic heterocycles. The van der Waals surface area contributed by atoms with Crippen LogP contribution in [0.5, 0.6) is 0 Å². The second kappa shape index (κ2) is 21.3. The van der Waals surface area contributed by atoms with Gasteiger partial charge in [-0.1, -0.05) is 261 Å². The van der Waals surface area contributed by atoms with Gasteiger partial charge in [0.2, 0.25) is 0 Å². The first-order chi connectivity index (χ1) is 43.7. The average molecular weight is 1120 g/mol. The molecule has 0 N–H and O–H groups in total. The molecule has 410 valence electrons. The van der Waals surface area contributed by atoms with Gasteiger partial charge in [0.1, 0.15) is 0 Å². The van der Waals surface area contributed by atoms with Crippen molar-refractivity contribution in [3.63, 3.8) is 0 Å². The van der Waals surface area contributed by atoms with E-state index in [1.807, 2.05) is 0 Å². The third-order valence-corrected chi connectivity index (χ3v) is 18.1. The van der Waals surface area contributed by atoms with E-state index in [9.17, 15) is 0 Å². The maximum absolute atomic E-state index is 2.62. The fraction of sp³-hybridized carbons (Fsp3) is 0. The molecule has 2 aliphatic rings. The van der Waals surface area contributed by atoms with E-state index in [2.05, 4.69) is 354 Å². The molecule has 15 aromatic rings. The summed E-state index contributed by atoms with van der Waals surface area (Å²) in [7, 11) is 0. The van der Waals surface area contributed by atoms with Crippen LogP contribution in [-0.4, -0.2) is 11.3 Å². The van der Waals surface area contributed by atoms with Crippen LogP contribution in [0.3, 0.4) is 0 Å². The Morgan fingerprint density at radius 3 is 1.05 bits per heavy atom. The molecule has 3 heterocycles. The van der Waals surface area contributed by atoms with E-state index in [0.717, 1.165) is 101 Å². The summed E-state index contributed by atoms with van der Waals surface area (Å²) < 4.78 is 2.47. The molecule has 0 radical (unpaired) electrons. The Morgan fingerprint density at radius 2 is 0.591 bits per heavy atom. The molecule has 0 amide bonds. The zero-order chi connectivity index (χ0) is 58.1. The van der Waals surface area contributed by atoms with Crippen LogP contribution >= 0.6 is 0 Å². The SMILES string of the molecule is c1ccc(-c2cc(-c3ccccc3)cc(N3c4ccccc4B4c5ccc(-n6c7ccccc7c7ccccc76)cc5N(c5cc(-c6ccccc6)cc(-c6ccccc6)c5)c5cc(-c6c(-c7ccccc7)cccc6-c6ccccc6)cc3c54)c2)cc1. The highest BCUT2D eigenvalue weighted by molar-refractivity contribution is 7.00. The molecule has 0 unspecified atom stereocenters. The fourth-order valence-corrected chi connectivity index (χ4v) is 14.2. The summed E-state index contributed by atoms with van der Waals surface area (Å²) in [6.45, 7) is -0.153. The van der Waals surface area contributed by atoms with Crippen LogP contribution in [0.25, 0.3) is 105 Å². The topological polar surface area (TPSA) is 11.4 Å². The molecular weight excluding hydrogens is 1060 g/mol. The normalized spacial score (nSPS) is 12.2. The quantitative estimate of drug-likeness (QED) is 0.126. The minimum atomic E-state index is -0.153. The van der Waals surface area contributed by atoms with Gasteiger partial charge in [-0.3, -0.25) is 0 Å². The van der Waals surface area contributed by atoms with Gasteiger partial charge in [-0.05, 0) is 173 Å². The standard InChI is InChI=1S/C84H56BN3/c1-7-26-57(27-8-1)63-48-64(58-28-9-2-10-29-58)51-69(50-63)87-79-45-24-21-42-75(79)85-76-47-46-68(86-77-43-22-19-38-73(77)74-39-20-23-44-78(74)86)56-80(76)88(70-52-65(59-30-11-3-12-31-59)49-66(53-70)60-32-13-4-14-33-60)82-55-67(54-81(87)84(82)85)83-71(61-34-15-5-16-35-61)40-25-41-72(83)62-36-17-6-18-37-62/h1-56H. The van der Waals surface area contributed by atoms with E-state index < -0.39 is 0 Å². The minimum absolute atomic E-state index is 0.153. The van der Waals surface area contributed by atoms with Crippen molar-refractivity contribution in [3.8, 4) is 83.6 Å². The predicted octanol–water partition coefficient (Wildman–Crippen LogP) is 20.5. The molecule has 2 aliphatic heterocycles. The van der Waals surface area contributed by atoms with Gasteiger partial charge in [0, 0.05) is 50.6 Å². The number of hydrogen-bond acceptors (Lipinski definition) is 2. The van der Waals surface area contributed by atoms with Gasteiger partial charge in [0.05, 0.1) is 11.0 Å². The number of para-hydroxylation sites is 3. The predicted molar refractivity (Wildman–Crippen MR) is 373 cm³/mol. The summed E-state index contributed by atoms with van der Waals surface area (Å²) in [5, 5.41) is 2.46. The number of aromatic nitrogens is 1. The molecular formula is C84H56BN3. The Morgan fingerprint density at radius 1 is 0.216 bits per heavy atom. The summed E-state index contributed by atoms with van der Waals surface area (Å²) >= 11 is 0. The Bertz CT molecular complexity index is 4910. The molecule has 0 atom stereocenters. The number of hydrogen-bond donors (Lipinski definition) is 0. The molecule has 4 heteroatoms. The van der Waals surface area contributed by atoms with Crippen LogP contribution in [0, 0.1) is 0 Å². The first kappa shape index (κ1) is 51.0. The van der Waals surface area contributed by atoms with Gasteiger partial charge in [-0.15, -0.1) is 0 Å². The van der Waals surface area contributed by atoms with Gasteiger partial charge in [0.25, 0.3) is 6.71 Å². The molecule has 0 aliphatic carbocycles. The zero-order valence-electron chi connectivity index (χ0n) is 48.3. The molecule has 17 rings (SSSR count). The third kappa shape index (κ3) is 8.60. The fourth-order valence-electron chi connectivity index (χ4n) is 14.2. The number of benzene rings is 14. The van der Waals surface area contributed by atoms with E-state index >= 15 is 0 Å². The second-order valence-corrected chi connectivity index (χ2v) is 23.2. The summed E-state index contributed by atoms with van der Waals surface area (Å²) in [5.74, 6) is 0. The second-order valence-electron chi connectivity index (χ2n) is 23.2. The lowest BCUT2D eigenvalue weighted by Crippen LogP contribution is -2.61. The van der Waals surface area contributed by atoms with Crippen molar-refractivity contribution in [2.24, 2.45) is 0 Å². The molecule has 14 aromatic carbocycles. The summed E-state index contributed by atoms with van der Waals surface area (Å²) in [6.07, 6.45) is 0. The maximum atomic E-state index is 2.62. The lowest BCUT2D eigenvalue weighted by Gasteiger charge is -2.45. The van der Waals surface area contributed by atoms with Crippen LogP contribution in [0.4, 0.5) is 34.1 Å². The average Bonchev–Trinajstić information content (AvgIpc) is 1.04. The first-order valence-corrected chi connectivity index (χ1v) is 30.4. The Balaban J connectivity index is 1.03. The lowest BCUT2D eigenvalue weighted by atomic mass is 9.33. The van der Waals surface area contributed by atoms with Crippen LogP contribution in [0.1, 0.15) is 0 Å². The van der Waals surface area contributed by atoms with Crippen LogP contribution < -0.4 is 26.2 Å². The number of anilines is 6. The smallest absolute Gasteiger partial charge is 0.252 e. The minimum Gasteiger partial charge on any atom is -0.311 e. The Labute approximate surface area is 513 Å². The van der Waals surface area contributed by atoms with Crippen molar-refractivity contribution in [3.05, 3.63) is 340 Å². The molecule has 0 bridgehead atoms. The van der Waals surface area contributed by atoms with Crippen molar-refractivity contribution in [2.45, 2.75) is 0 Å². The van der Waals surface area contributed by atoms with Gasteiger partial charge in [0.15, 0.2) is 0 Å². The highest BCUT2D eigenvalue weighted by Gasteiger charge is 2.44. The molecule has 0 saturated carbocycles. The zero-order valence-corrected chi connectivity index (χ0v) is 48.3. The highest BCUT2D eigenvalue weighted by atomic mass is 15.2. The van der Waals surface area contributed by atoms with Crippen molar-refractivity contribution < 1.29 is 0 Å². The van der Waals surface area contributed by atoms with Crippen LogP contribution in [0.2, 0.25) is 0 Å². The molecule has 88 heavy (non-hydrogen) atoms. The van der Waals surface area contributed by atoms with E-state index in [1.165, 1.54) is 54.9 Å². The molecule has 3 nitrogen and oxygen atoms in total. The Kier molecular flexibility index (Phi) is 12.3. The number of rotatable bonds is 10. The van der Waals surface area contributed by atoms with Crippen LogP contribution in [-0.2, 0) is 0 Å². The first-order valence-electron chi connectivity index (χ1n) is 30.4. The number of fused-ring (bicyclic) bond motifs is 7.